The van der Waals surface area contributed by atoms with Crippen LogP contribution in [0.1, 0.15) is 33.1 Å². The summed E-state index contributed by atoms with van der Waals surface area (Å²) in [6, 6.07) is -0.0404. The minimum absolute atomic E-state index is 0.0236. The highest BCUT2D eigenvalue weighted by molar-refractivity contribution is 5.90. The second-order valence-electron chi connectivity index (χ2n) is 5.76. The van der Waals surface area contributed by atoms with Crippen molar-refractivity contribution in [3.8, 4) is 0 Å². The highest BCUT2D eigenvalue weighted by Crippen LogP contribution is 2.35. The first kappa shape index (κ1) is 13.3. The number of fused-ring (bicyclic) bond motifs is 2. The van der Waals surface area contributed by atoms with Crippen LogP contribution in [0.2, 0.25) is 0 Å². The van der Waals surface area contributed by atoms with Gasteiger partial charge in [-0.05, 0) is 31.1 Å². The van der Waals surface area contributed by atoms with Gasteiger partial charge in [-0.1, -0.05) is 13.8 Å². The zero-order valence-corrected chi connectivity index (χ0v) is 11.3. The van der Waals surface area contributed by atoms with Crippen LogP contribution in [-0.2, 0) is 9.59 Å². The number of hydrogen-bond acceptors (Lipinski definition) is 3. The van der Waals surface area contributed by atoms with Gasteiger partial charge in [0.1, 0.15) is 6.04 Å². The predicted octanol–water partition coefficient (Wildman–Crippen LogP) is 0.0137. The lowest BCUT2D eigenvalue weighted by Gasteiger charge is -2.26. The van der Waals surface area contributed by atoms with Crippen LogP contribution in [-0.4, -0.2) is 37.0 Å². The third-order valence-electron chi connectivity index (χ3n) is 4.14. The van der Waals surface area contributed by atoms with Crippen molar-refractivity contribution in [3.05, 3.63) is 0 Å². The summed E-state index contributed by atoms with van der Waals surface area (Å²) in [5.41, 5.74) is 0. The second kappa shape index (κ2) is 5.26. The Hall–Kier alpha value is -1.10. The van der Waals surface area contributed by atoms with E-state index in [1.807, 2.05) is 13.8 Å². The zero-order chi connectivity index (χ0) is 13.3. The fourth-order valence-corrected chi connectivity index (χ4v) is 3.08. The Morgan fingerprint density at radius 1 is 1.28 bits per heavy atom. The molecule has 5 heteroatoms. The Morgan fingerprint density at radius 3 is 2.44 bits per heavy atom. The molecule has 5 nitrogen and oxygen atoms in total. The molecule has 2 rings (SSSR count). The van der Waals surface area contributed by atoms with E-state index in [-0.39, 0.29) is 23.8 Å². The first-order valence-electron chi connectivity index (χ1n) is 6.81. The summed E-state index contributed by atoms with van der Waals surface area (Å²) in [4.78, 5) is 23.9. The number of likely N-dealkylation sites (N-methyl/N-ethyl adjacent to an activating group) is 1. The van der Waals surface area contributed by atoms with Crippen molar-refractivity contribution in [1.82, 2.24) is 16.0 Å². The third kappa shape index (κ3) is 2.51. The van der Waals surface area contributed by atoms with Crippen LogP contribution >= 0.6 is 0 Å². The van der Waals surface area contributed by atoms with E-state index in [0.29, 0.717) is 12.0 Å². The number of rotatable bonds is 4. The first-order chi connectivity index (χ1) is 8.52. The molecular formula is C13H23N3O2. The number of piperidine rings is 1. The maximum absolute atomic E-state index is 12.2. The zero-order valence-electron chi connectivity index (χ0n) is 11.3. The van der Waals surface area contributed by atoms with Crippen molar-refractivity contribution in [2.24, 2.45) is 11.8 Å². The molecule has 0 radical (unpaired) electrons. The van der Waals surface area contributed by atoms with Crippen LogP contribution < -0.4 is 16.0 Å². The normalized spacial score (nSPS) is 31.4. The Labute approximate surface area is 108 Å². The molecule has 102 valence electrons. The number of hydrogen-bond donors (Lipinski definition) is 3. The Kier molecular flexibility index (Phi) is 3.90. The fourth-order valence-electron chi connectivity index (χ4n) is 3.08. The van der Waals surface area contributed by atoms with E-state index in [1.165, 1.54) is 6.42 Å². The maximum Gasteiger partial charge on any atom is 0.242 e. The minimum Gasteiger partial charge on any atom is -0.357 e. The van der Waals surface area contributed by atoms with E-state index >= 15 is 0 Å². The SMILES string of the molecule is CNC(=O)[C@@H](NC(=O)[C@H]1N[C@@H]2CC[C@H]1C2)C(C)C. The molecule has 3 N–H and O–H groups in total. The molecule has 0 unspecified atom stereocenters. The van der Waals surface area contributed by atoms with Crippen molar-refractivity contribution < 1.29 is 9.59 Å². The van der Waals surface area contributed by atoms with Gasteiger partial charge < -0.3 is 16.0 Å². The van der Waals surface area contributed by atoms with E-state index in [9.17, 15) is 9.59 Å². The van der Waals surface area contributed by atoms with Crippen LogP contribution in [0.25, 0.3) is 0 Å². The van der Waals surface area contributed by atoms with Crippen molar-refractivity contribution >= 4 is 11.8 Å². The lowest BCUT2D eigenvalue weighted by atomic mass is 9.97. The van der Waals surface area contributed by atoms with E-state index in [4.69, 9.17) is 0 Å². The van der Waals surface area contributed by atoms with Gasteiger partial charge in [0.2, 0.25) is 11.8 Å². The van der Waals surface area contributed by atoms with Gasteiger partial charge in [0.25, 0.3) is 0 Å². The Bertz CT molecular complexity index is 343. The van der Waals surface area contributed by atoms with Crippen molar-refractivity contribution in [2.45, 2.75) is 51.2 Å². The Morgan fingerprint density at radius 2 is 2.00 bits per heavy atom. The van der Waals surface area contributed by atoms with E-state index in [2.05, 4.69) is 16.0 Å². The van der Waals surface area contributed by atoms with Gasteiger partial charge in [-0.2, -0.15) is 0 Å². The van der Waals surface area contributed by atoms with E-state index in [0.717, 1.165) is 12.8 Å². The van der Waals surface area contributed by atoms with E-state index < -0.39 is 6.04 Å². The summed E-state index contributed by atoms with van der Waals surface area (Å²) in [5.74, 6) is 0.394. The van der Waals surface area contributed by atoms with Gasteiger partial charge in [0.05, 0.1) is 6.04 Å². The maximum atomic E-state index is 12.2. The number of carbonyl (C=O) groups is 2. The molecule has 2 amide bonds. The van der Waals surface area contributed by atoms with Crippen LogP contribution in [0.15, 0.2) is 0 Å². The number of carbonyl (C=O) groups excluding carboxylic acids is 2. The Balaban J connectivity index is 1.95. The van der Waals surface area contributed by atoms with Crippen molar-refractivity contribution in [3.63, 3.8) is 0 Å². The van der Waals surface area contributed by atoms with Crippen molar-refractivity contribution in [1.29, 1.82) is 0 Å². The van der Waals surface area contributed by atoms with Crippen LogP contribution in [0, 0.1) is 11.8 Å². The van der Waals surface area contributed by atoms with Crippen LogP contribution in [0.4, 0.5) is 0 Å². The smallest absolute Gasteiger partial charge is 0.242 e. The topological polar surface area (TPSA) is 70.2 Å². The highest BCUT2D eigenvalue weighted by Gasteiger charge is 2.43. The quantitative estimate of drug-likeness (QED) is 0.661. The second-order valence-corrected chi connectivity index (χ2v) is 5.76. The molecule has 18 heavy (non-hydrogen) atoms. The summed E-state index contributed by atoms with van der Waals surface area (Å²) >= 11 is 0. The molecular weight excluding hydrogens is 230 g/mol. The van der Waals surface area contributed by atoms with Crippen molar-refractivity contribution in [2.75, 3.05) is 7.05 Å². The monoisotopic (exact) mass is 253 g/mol. The van der Waals surface area contributed by atoms with E-state index in [1.54, 1.807) is 7.05 Å². The summed E-state index contributed by atoms with van der Waals surface area (Å²) in [6.07, 6.45) is 3.41. The average molecular weight is 253 g/mol. The summed E-state index contributed by atoms with van der Waals surface area (Å²) in [6.45, 7) is 3.88. The molecule has 2 fully saturated rings. The fraction of sp³-hybridized carbons (Fsp3) is 0.846. The lowest BCUT2D eigenvalue weighted by molar-refractivity contribution is -0.131. The first-order valence-corrected chi connectivity index (χ1v) is 6.81. The molecule has 1 heterocycles. The predicted molar refractivity (Wildman–Crippen MR) is 68.9 cm³/mol. The van der Waals surface area contributed by atoms with Gasteiger partial charge in [-0.25, -0.2) is 0 Å². The standard InChI is InChI=1S/C13H23N3O2/c1-7(2)10(12(17)14-3)16-13(18)11-8-4-5-9(6-8)15-11/h7-11,15H,4-6H2,1-3H3,(H,14,17)(H,16,18)/t8-,9+,10-,11-/m0/s1. The molecule has 1 aliphatic carbocycles. The third-order valence-corrected chi connectivity index (χ3v) is 4.14. The van der Waals surface area contributed by atoms with Gasteiger partial charge in [0.15, 0.2) is 0 Å². The molecule has 0 aromatic heterocycles. The average Bonchev–Trinajstić information content (AvgIpc) is 2.96. The molecule has 1 saturated carbocycles. The number of amides is 2. The van der Waals surface area contributed by atoms with Crippen LogP contribution in [0.3, 0.4) is 0 Å². The van der Waals surface area contributed by atoms with Gasteiger partial charge in [-0.15, -0.1) is 0 Å². The molecule has 0 aromatic carbocycles. The molecule has 0 aromatic rings. The van der Waals surface area contributed by atoms with Gasteiger partial charge >= 0.3 is 0 Å². The molecule has 0 spiro atoms. The number of nitrogens with one attached hydrogen (secondary N) is 3. The summed E-state index contributed by atoms with van der Waals surface area (Å²) in [7, 11) is 1.60. The molecule has 4 atom stereocenters. The summed E-state index contributed by atoms with van der Waals surface area (Å²) in [5, 5.41) is 8.83. The molecule has 2 aliphatic rings. The highest BCUT2D eigenvalue weighted by atomic mass is 16.2. The molecule has 1 saturated heterocycles. The lowest BCUT2D eigenvalue weighted by Crippen LogP contribution is -2.55. The van der Waals surface area contributed by atoms with Gasteiger partial charge in [0, 0.05) is 13.1 Å². The summed E-state index contributed by atoms with van der Waals surface area (Å²) < 4.78 is 0. The largest absolute Gasteiger partial charge is 0.357 e. The molecule has 1 aliphatic heterocycles. The minimum atomic E-state index is -0.441. The van der Waals surface area contributed by atoms with Crippen LogP contribution in [0.5, 0.6) is 0 Å². The molecule has 2 bridgehead atoms. The van der Waals surface area contributed by atoms with Gasteiger partial charge in [-0.3, -0.25) is 9.59 Å².